The van der Waals surface area contributed by atoms with Crippen molar-refractivity contribution in [1.29, 1.82) is 5.26 Å². The summed E-state index contributed by atoms with van der Waals surface area (Å²) >= 11 is 0. The Morgan fingerprint density at radius 3 is 2.50 bits per heavy atom. The number of hydrogen-bond acceptors (Lipinski definition) is 2. The average Bonchev–Trinajstić information content (AvgIpc) is 2.15. The van der Waals surface area contributed by atoms with Crippen LogP contribution in [0.15, 0.2) is 28.7 Å². The van der Waals surface area contributed by atoms with Crippen molar-refractivity contribution >= 4 is 5.71 Å². The maximum Gasteiger partial charge on any atom is 0.161 e. The predicted octanol–water partition coefficient (Wildman–Crippen LogP) is 3.53. The lowest BCUT2D eigenvalue weighted by Crippen LogP contribution is -1.92. The largest absolute Gasteiger partial charge is 0.260 e. The van der Waals surface area contributed by atoms with Crippen LogP contribution in [0.5, 0.6) is 0 Å². The van der Waals surface area contributed by atoms with Gasteiger partial charge in [-0.3, -0.25) is 4.99 Å². The molecule has 0 atom stereocenters. The molecule has 0 aliphatic rings. The van der Waals surface area contributed by atoms with Crippen LogP contribution < -0.4 is 0 Å². The van der Waals surface area contributed by atoms with E-state index in [4.69, 9.17) is 5.26 Å². The van der Waals surface area contributed by atoms with Gasteiger partial charge in [-0.25, -0.2) is 4.39 Å². The van der Waals surface area contributed by atoms with Gasteiger partial charge in [0.1, 0.15) is 6.07 Å². The zero-order valence-corrected chi connectivity index (χ0v) is 8.89. The molecular formula is C11H15FN2. The number of aliphatic imine (C=N–C) groups is 1. The molecule has 0 aromatic heterocycles. The van der Waals surface area contributed by atoms with Gasteiger partial charge in [0.15, 0.2) is 5.83 Å². The van der Waals surface area contributed by atoms with E-state index >= 15 is 0 Å². The highest BCUT2D eigenvalue weighted by Gasteiger charge is 2.04. The first-order valence-electron chi connectivity index (χ1n) is 4.52. The van der Waals surface area contributed by atoms with Crippen LogP contribution in [0.25, 0.3) is 0 Å². The summed E-state index contributed by atoms with van der Waals surface area (Å²) in [7, 11) is 0. The van der Waals surface area contributed by atoms with Gasteiger partial charge in [0.25, 0.3) is 0 Å². The molecule has 0 N–H and O–H groups in total. The van der Waals surface area contributed by atoms with Crippen molar-refractivity contribution in [3.63, 3.8) is 0 Å². The first-order valence-corrected chi connectivity index (χ1v) is 4.52. The van der Waals surface area contributed by atoms with Crippen LogP contribution in [0, 0.1) is 11.3 Å². The van der Waals surface area contributed by atoms with E-state index < -0.39 is 5.83 Å². The van der Waals surface area contributed by atoms with E-state index in [1.807, 2.05) is 13.8 Å². The lowest BCUT2D eigenvalue weighted by molar-refractivity contribution is 0.644. The molecule has 0 amide bonds. The number of nitriles is 1. The molecule has 0 aliphatic heterocycles. The number of allylic oxidation sites excluding steroid dienone is 3. The second-order valence-corrected chi connectivity index (χ2v) is 3.09. The van der Waals surface area contributed by atoms with E-state index in [9.17, 15) is 4.39 Å². The van der Waals surface area contributed by atoms with E-state index in [1.165, 1.54) is 6.92 Å². The summed E-state index contributed by atoms with van der Waals surface area (Å²) in [4.78, 5) is 4.04. The van der Waals surface area contributed by atoms with Crippen molar-refractivity contribution in [3.8, 4) is 6.07 Å². The highest BCUT2D eigenvalue weighted by molar-refractivity contribution is 5.82. The first kappa shape index (κ1) is 12.6. The molecule has 0 aromatic rings. The fourth-order valence-electron chi connectivity index (χ4n) is 1.02. The molecule has 0 heterocycles. The van der Waals surface area contributed by atoms with Crippen molar-refractivity contribution in [2.24, 2.45) is 4.99 Å². The molecule has 0 radical (unpaired) electrons. The van der Waals surface area contributed by atoms with E-state index in [-0.39, 0.29) is 11.3 Å². The Labute approximate surface area is 84.5 Å². The third-order valence-corrected chi connectivity index (χ3v) is 1.69. The zero-order valence-electron chi connectivity index (χ0n) is 8.89. The van der Waals surface area contributed by atoms with E-state index in [1.54, 1.807) is 6.07 Å². The maximum atomic E-state index is 13.2. The minimum absolute atomic E-state index is 0.171. The minimum atomic E-state index is -0.622. The van der Waals surface area contributed by atoms with Gasteiger partial charge in [-0.05, 0) is 20.3 Å². The van der Waals surface area contributed by atoms with Crippen LogP contribution in [0.4, 0.5) is 4.39 Å². The van der Waals surface area contributed by atoms with Crippen molar-refractivity contribution in [1.82, 2.24) is 0 Å². The van der Waals surface area contributed by atoms with Crippen molar-refractivity contribution < 1.29 is 4.39 Å². The molecular weight excluding hydrogens is 179 g/mol. The molecule has 0 unspecified atom stereocenters. The third-order valence-electron chi connectivity index (χ3n) is 1.69. The van der Waals surface area contributed by atoms with Crippen LogP contribution >= 0.6 is 0 Å². The quantitative estimate of drug-likeness (QED) is 0.383. The molecule has 14 heavy (non-hydrogen) atoms. The van der Waals surface area contributed by atoms with Crippen molar-refractivity contribution in [2.45, 2.75) is 33.6 Å². The second-order valence-electron chi connectivity index (χ2n) is 3.09. The Morgan fingerprint density at radius 2 is 2.07 bits per heavy atom. The molecule has 0 bridgehead atoms. The Hall–Kier alpha value is -1.43. The molecule has 0 rings (SSSR count). The van der Waals surface area contributed by atoms with Crippen LogP contribution in [0.1, 0.15) is 33.6 Å². The third kappa shape index (κ3) is 3.99. The molecule has 0 aromatic carbocycles. The highest BCUT2D eigenvalue weighted by atomic mass is 19.1. The molecule has 0 fully saturated rings. The topological polar surface area (TPSA) is 36.1 Å². The van der Waals surface area contributed by atoms with Crippen LogP contribution in [-0.4, -0.2) is 5.71 Å². The molecule has 0 aliphatic carbocycles. The Kier molecular flexibility index (Phi) is 5.47. The first-order chi connectivity index (χ1) is 6.52. The fourth-order valence-corrected chi connectivity index (χ4v) is 1.02. The van der Waals surface area contributed by atoms with Gasteiger partial charge in [-0.15, -0.1) is 0 Å². The smallest absolute Gasteiger partial charge is 0.161 e. The summed E-state index contributed by atoms with van der Waals surface area (Å²) in [6.45, 7) is 8.70. The zero-order chi connectivity index (χ0) is 11.1. The minimum Gasteiger partial charge on any atom is -0.260 e. The van der Waals surface area contributed by atoms with Gasteiger partial charge in [-0.1, -0.05) is 19.9 Å². The van der Waals surface area contributed by atoms with Gasteiger partial charge in [-0.2, -0.15) is 5.26 Å². The summed E-state index contributed by atoms with van der Waals surface area (Å²) in [5, 5.41) is 8.42. The van der Waals surface area contributed by atoms with Crippen molar-refractivity contribution in [2.75, 3.05) is 0 Å². The standard InChI is InChI=1S/C11H15FN2/c1-5-6-9(3)14-10(4)11(12)8(2)7-13/h2,5-6H2,1,3-4H3/b11-10+,14-9?. The predicted molar refractivity (Wildman–Crippen MR) is 56.6 cm³/mol. The van der Waals surface area contributed by atoms with Crippen LogP contribution in [-0.2, 0) is 0 Å². The number of rotatable bonds is 4. The van der Waals surface area contributed by atoms with E-state index in [2.05, 4.69) is 11.6 Å². The number of halogens is 1. The number of nitrogens with zero attached hydrogens (tertiary/aromatic N) is 2. The van der Waals surface area contributed by atoms with Gasteiger partial charge in [0.05, 0.1) is 11.3 Å². The maximum absolute atomic E-state index is 13.2. The van der Waals surface area contributed by atoms with Crippen LogP contribution in [0.3, 0.4) is 0 Å². The second kappa shape index (κ2) is 6.09. The normalized spacial score (nSPS) is 13.2. The molecule has 0 saturated heterocycles. The Morgan fingerprint density at radius 1 is 1.50 bits per heavy atom. The molecule has 3 heteroatoms. The Bertz CT molecular complexity index is 319. The summed E-state index contributed by atoms with van der Waals surface area (Å²) < 4.78 is 13.2. The summed E-state index contributed by atoms with van der Waals surface area (Å²) in [6, 6.07) is 1.65. The van der Waals surface area contributed by atoms with Crippen molar-refractivity contribution in [3.05, 3.63) is 23.7 Å². The summed E-state index contributed by atoms with van der Waals surface area (Å²) in [5.74, 6) is -0.622. The average molecular weight is 194 g/mol. The molecule has 0 spiro atoms. The monoisotopic (exact) mass is 194 g/mol. The lowest BCUT2D eigenvalue weighted by Gasteiger charge is -1.99. The Balaban J connectivity index is 4.77. The van der Waals surface area contributed by atoms with Gasteiger partial charge < -0.3 is 0 Å². The lowest BCUT2D eigenvalue weighted by atomic mass is 10.2. The van der Waals surface area contributed by atoms with Crippen LogP contribution in [0.2, 0.25) is 0 Å². The van der Waals surface area contributed by atoms with E-state index in [0.717, 1.165) is 18.6 Å². The summed E-state index contributed by atoms with van der Waals surface area (Å²) in [5.41, 5.74) is 0.920. The molecule has 2 nitrogen and oxygen atoms in total. The molecule has 76 valence electrons. The number of hydrogen-bond donors (Lipinski definition) is 0. The van der Waals surface area contributed by atoms with E-state index in [0.29, 0.717) is 0 Å². The molecule has 0 saturated carbocycles. The van der Waals surface area contributed by atoms with Gasteiger partial charge >= 0.3 is 0 Å². The van der Waals surface area contributed by atoms with Gasteiger partial charge in [0.2, 0.25) is 0 Å². The van der Waals surface area contributed by atoms with Gasteiger partial charge in [0, 0.05) is 5.71 Å². The summed E-state index contributed by atoms with van der Waals surface area (Å²) in [6.07, 6.45) is 1.81. The highest BCUT2D eigenvalue weighted by Crippen LogP contribution is 2.15. The fraction of sp³-hybridized carbons (Fsp3) is 0.455. The SMILES string of the molecule is C=C(C#N)/C(F)=C(/C)N=C(C)CCC.